The second-order valence-corrected chi connectivity index (χ2v) is 21.4. The van der Waals surface area contributed by atoms with Gasteiger partial charge in [0.05, 0.1) is 51.1 Å². The number of carbonyl (C=O) groups excluding carboxylic acids is 8. The number of amides is 7. The molecule has 0 heterocycles. The van der Waals surface area contributed by atoms with Crippen molar-refractivity contribution in [1.29, 1.82) is 0 Å². The summed E-state index contributed by atoms with van der Waals surface area (Å²) in [6.45, 7) is 5.26. The van der Waals surface area contributed by atoms with Crippen LogP contribution in [0.1, 0.15) is 181 Å². The molecule has 0 saturated carbocycles. The fourth-order valence-electron chi connectivity index (χ4n) is 7.50. The largest absolute Gasteiger partial charge is 0.481 e. The monoisotopic (exact) mass is 1270 g/mol. The molecule has 30 heteroatoms. The Morgan fingerprint density at radius 2 is 0.770 bits per heavy atom. The van der Waals surface area contributed by atoms with Gasteiger partial charge in [-0.2, -0.15) is 0 Å². The van der Waals surface area contributed by atoms with E-state index in [0.717, 1.165) is 45.5 Å². The Morgan fingerprint density at radius 3 is 1.16 bits per heavy atom. The number of aliphatic carboxylic acids is 4. The molecule has 3 unspecified atom stereocenters. The number of hydrogen-bond donors (Lipinski definition) is 14. The molecular formula is C57H104N8O21S. The number of carboxylic acid groups (broad SMARTS) is 4. The van der Waals surface area contributed by atoms with Crippen LogP contribution in [0, 0.1) is 5.41 Å². The number of carboxylic acids is 4. The number of aliphatic hydroxyl groups is 1. The molecule has 0 aliphatic carbocycles. The Bertz CT molecular complexity index is 1950. The normalized spacial score (nSPS) is 12.2. The lowest BCUT2D eigenvalue weighted by atomic mass is 9.98. The number of thiol groups is 1. The Balaban J connectivity index is -0.00000726. The van der Waals surface area contributed by atoms with Gasteiger partial charge in [-0.15, -0.1) is 0 Å². The zero-order chi connectivity index (χ0) is 66.1. The zero-order valence-corrected chi connectivity index (χ0v) is 52.5. The molecule has 0 aromatic carbocycles. The van der Waals surface area contributed by atoms with Gasteiger partial charge in [-0.3, -0.25) is 43.1 Å². The predicted molar refractivity (Wildman–Crippen MR) is 323 cm³/mol. The molecule has 0 saturated heterocycles. The maximum Gasteiger partial charge on any atom is 0.326 e. The average molecular weight is 1270 g/mol. The number of hydrogen-bond acceptors (Lipinski definition) is 19. The highest BCUT2D eigenvalue weighted by molar-refractivity contribution is 7.78. The number of aliphatic hydroxyl groups excluding tert-OH is 1. The van der Waals surface area contributed by atoms with Crippen LogP contribution >= 0.6 is 12.8 Å². The molecule has 0 rings (SSSR count). The second-order valence-electron chi connectivity index (χ2n) is 21.2. The van der Waals surface area contributed by atoms with Gasteiger partial charge in [0.1, 0.15) is 37.6 Å². The predicted octanol–water partition coefficient (Wildman–Crippen LogP) is 2.07. The number of carbonyl (C=O) groups is 12. The Kier molecular flexibility index (Phi) is 56.5. The number of nitrogens with two attached hydrogens (primary N) is 1. The van der Waals surface area contributed by atoms with Crippen LogP contribution in [0.5, 0.6) is 0 Å². The third kappa shape index (κ3) is 56.2. The minimum absolute atomic E-state index is 0.0384. The van der Waals surface area contributed by atoms with Crippen molar-refractivity contribution in [3.63, 3.8) is 0 Å². The van der Waals surface area contributed by atoms with Crippen molar-refractivity contribution in [2.24, 2.45) is 11.1 Å². The van der Waals surface area contributed by atoms with Gasteiger partial charge in [-0.05, 0) is 72.1 Å². The van der Waals surface area contributed by atoms with E-state index in [9.17, 15) is 72.9 Å². The number of aldehydes is 1. The summed E-state index contributed by atoms with van der Waals surface area (Å²) in [5.41, 5.74) is 4.64. The average Bonchev–Trinajstić information content (AvgIpc) is 3.59. The molecule has 0 radical (unpaired) electrons. The van der Waals surface area contributed by atoms with E-state index in [0.29, 0.717) is 32.1 Å². The summed E-state index contributed by atoms with van der Waals surface area (Å²) in [6, 6.07) is -4.70. The molecule has 4 atom stereocenters. The fraction of sp³-hybridized carbons (Fsp3) is 0.789. The van der Waals surface area contributed by atoms with E-state index in [1.165, 1.54) is 51.4 Å². The molecule has 7 amide bonds. The van der Waals surface area contributed by atoms with Crippen LogP contribution in [0.15, 0.2) is 0 Å². The molecule has 0 aromatic rings. The van der Waals surface area contributed by atoms with Crippen molar-refractivity contribution >= 4 is 84.3 Å². The minimum atomic E-state index is -1.49. The lowest BCUT2D eigenvalue weighted by Gasteiger charge is -2.17. The molecule has 0 aliphatic rings. The van der Waals surface area contributed by atoms with Crippen molar-refractivity contribution in [3.05, 3.63) is 0 Å². The fourth-order valence-corrected chi connectivity index (χ4v) is 7.75. The number of unbranched alkanes of at least 4 members (excludes halogenated alkanes) is 15. The van der Waals surface area contributed by atoms with Crippen LogP contribution in [0.4, 0.5) is 0 Å². The van der Waals surface area contributed by atoms with E-state index < -0.39 is 96.0 Å². The molecule has 14 N–H and O–H groups in total. The van der Waals surface area contributed by atoms with Crippen LogP contribution < -0.4 is 42.4 Å². The molecule has 0 aromatic heterocycles. The standard InChI is InChI=1S/C51H90N8O18S.C5H10O2.CH4O/c52-48(67)38(59-78)18-15-16-26-53-42(61)23-20-40(50(70)71)57-45(64)25-22-41(51(72)73)58-47(66)37-77-35-33-75-31-28-55-46(65)36-76-34-32-74-30-27-54-43(62)24-21-39(49(68)69)56-44(63)19-14-12-10-8-6-4-2-1-3-5-7-9-11-13-17-29-60;1-5(2,3)4(6)7;1-2/h29,38-41,59,78H,1-28,30-37H2,(H2,52,67)(H,53,61)(H,54,62)(H,55,65)(H,56,63)(H,57,64)(H,58,66)(H,68,69)(H,70,71)(H,72,73);1-3H3,(H,6,7);2H,1H3/t38?,39?,40?,41-;;/m0../s1. The molecular weight excluding hydrogens is 1160 g/mol. The van der Waals surface area contributed by atoms with Crippen molar-refractivity contribution in [1.82, 2.24) is 36.6 Å². The number of nitrogens with one attached hydrogen (secondary N) is 7. The number of rotatable bonds is 55. The quantitative estimate of drug-likeness (QED) is 0.0235. The zero-order valence-electron chi connectivity index (χ0n) is 51.6. The first-order valence-corrected chi connectivity index (χ1v) is 30.4. The Hall–Kier alpha value is -6.05. The Morgan fingerprint density at radius 1 is 0.425 bits per heavy atom. The summed E-state index contributed by atoms with van der Waals surface area (Å²) in [7, 11) is 1.00. The van der Waals surface area contributed by atoms with Crippen LogP contribution in [0.3, 0.4) is 0 Å². The highest BCUT2D eigenvalue weighted by Crippen LogP contribution is 2.15. The third-order valence-electron chi connectivity index (χ3n) is 12.6. The smallest absolute Gasteiger partial charge is 0.326 e. The summed E-state index contributed by atoms with van der Waals surface area (Å²) < 4.78 is 23.7. The first-order chi connectivity index (χ1) is 41.4. The third-order valence-corrected chi connectivity index (χ3v) is 12.9. The molecule has 504 valence electrons. The minimum Gasteiger partial charge on any atom is -0.481 e. The lowest BCUT2D eigenvalue weighted by molar-refractivity contribution is -0.146. The van der Waals surface area contributed by atoms with E-state index in [2.05, 4.69) is 49.4 Å². The SMILES string of the molecule is CC(C)(C)C(=O)O.CO.NC(=O)C(CCCCNC(=O)CCC(NC(=O)CC[C@H](NC(=O)COCCOCCNC(=O)COCCOCCNC(=O)CCC(NC(=O)CCCCCCCCCCCCCCCCC=O)C(=O)O)C(=O)O)C(=O)O)NS. The van der Waals surface area contributed by atoms with Crippen LogP contribution in [0.25, 0.3) is 0 Å². The van der Waals surface area contributed by atoms with Crippen molar-refractivity contribution in [2.45, 2.75) is 205 Å². The van der Waals surface area contributed by atoms with Gasteiger partial charge < -0.3 is 86.9 Å². The summed E-state index contributed by atoms with van der Waals surface area (Å²) >= 11 is 3.83. The van der Waals surface area contributed by atoms with Crippen molar-refractivity contribution in [3.8, 4) is 0 Å². The highest BCUT2D eigenvalue weighted by Gasteiger charge is 2.25. The topological polar surface area (TPSA) is 453 Å². The maximum atomic E-state index is 12.5. The summed E-state index contributed by atoms with van der Waals surface area (Å²) in [5, 5.41) is 58.7. The van der Waals surface area contributed by atoms with Gasteiger partial charge in [-0.25, -0.2) is 14.4 Å². The molecule has 0 aliphatic heterocycles. The van der Waals surface area contributed by atoms with E-state index in [1.54, 1.807) is 20.8 Å². The van der Waals surface area contributed by atoms with Crippen LogP contribution in [0.2, 0.25) is 0 Å². The number of ether oxygens (including phenoxy) is 4. The van der Waals surface area contributed by atoms with E-state index in [-0.39, 0.29) is 116 Å². The lowest BCUT2D eigenvalue weighted by Crippen LogP contribution is -2.45. The van der Waals surface area contributed by atoms with Gasteiger partial charge in [-0.1, -0.05) is 89.9 Å². The van der Waals surface area contributed by atoms with Crippen LogP contribution in [-0.4, -0.2) is 201 Å². The molecule has 0 bridgehead atoms. The van der Waals surface area contributed by atoms with Gasteiger partial charge in [0.15, 0.2) is 0 Å². The summed E-state index contributed by atoms with van der Waals surface area (Å²) in [6.07, 6.45) is 17.6. The molecule has 0 spiro atoms. The summed E-state index contributed by atoms with van der Waals surface area (Å²) in [4.78, 5) is 140. The molecule has 0 fully saturated rings. The van der Waals surface area contributed by atoms with Crippen molar-refractivity contribution in [2.75, 3.05) is 79.6 Å². The van der Waals surface area contributed by atoms with Gasteiger partial charge in [0.25, 0.3) is 0 Å². The summed E-state index contributed by atoms with van der Waals surface area (Å²) in [5.74, 6) is -8.55. The van der Waals surface area contributed by atoms with Gasteiger partial charge in [0, 0.05) is 58.8 Å². The van der Waals surface area contributed by atoms with Gasteiger partial charge in [0.2, 0.25) is 41.4 Å². The maximum absolute atomic E-state index is 12.5. The molecule has 87 heavy (non-hydrogen) atoms. The van der Waals surface area contributed by atoms with Crippen molar-refractivity contribution < 1.29 is 102 Å². The molecule has 29 nitrogen and oxygen atoms in total. The van der Waals surface area contributed by atoms with E-state index in [4.69, 9.17) is 34.9 Å². The van der Waals surface area contributed by atoms with Gasteiger partial charge >= 0.3 is 23.9 Å². The highest BCUT2D eigenvalue weighted by atomic mass is 32.1. The first-order valence-electron chi connectivity index (χ1n) is 29.9. The number of primary amides is 1. The van der Waals surface area contributed by atoms with E-state index in [1.807, 2.05) is 0 Å². The first kappa shape index (κ1) is 85.2. The second kappa shape index (κ2) is 57.7. The Labute approximate surface area is 517 Å². The van der Waals surface area contributed by atoms with E-state index >= 15 is 0 Å². The van der Waals surface area contributed by atoms with Crippen LogP contribution in [-0.2, 0) is 76.5 Å².